The summed E-state index contributed by atoms with van der Waals surface area (Å²) in [5.74, 6) is 3.46. The minimum absolute atomic E-state index is 0.0952. The monoisotopic (exact) mass is 350 g/mol. The molecule has 0 unspecified atom stereocenters. The van der Waals surface area contributed by atoms with Crippen molar-refractivity contribution in [3.05, 3.63) is 0 Å². The normalized spacial score (nSPS) is 52.3. The summed E-state index contributed by atoms with van der Waals surface area (Å²) in [6.45, 7) is 6.74. The number of hydrogen-bond acceptors (Lipinski definition) is 2. The zero-order chi connectivity index (χ0) is 17.7. The van der Waals surface area contributed by atoms with Crippen molar-refractivity contribution in [3.8, 4) is 0 Å². The van der Waals surface area contributed by atoms with Crippen molar-refractivity contribution < 1.29 is 15.5 Å². The zero-order valence-electron chi connectivity index (χ0n) is 16.5. The van der Waals surface area contributed by atoms with Gasteiger partial charge in [0.1, 0.15) is 12.1 Å². The van der Waals surface area contributed by atoms with Crippen molar-refractivity contribution in [1.82, 2.24) is 0 Å². The smallest absolute Gasteiger partial charge is 0.119 e. The van der Waals surface area contributed by atoms with Crippen LogP contribution in [-0.4, -0.2) is 35.5 Å². The van der Waals surface area contributed by atoms with Crippen molar-refractivity contribution >= 4 is 0 Å². The van der Waals surface area contributed by atoms with Crippen LogP contribution in [0.2, 0.25) is 0 Å². The van der Waals surface area contributed by atoms with Crippen LogP contribution in [0.1, 0.15) is 78.1 Å². The molecule has 4 saturated carbocycles. The highest BCUT2D eigenvalue weighted by atomic mass is 16.3. The number of quaternary nitrogens is 1. The molecular weight excluding hydrogens is 310 g/mol. The van der Waals surface area contributed by atoms with E-state index in [0.29, 0.717) is 5.41 Å². The Morgan fingerprint density at radius 2 is 1.72 bits per heavy atom. The molecule has 25 heavy (non-hydrogen) atoms. The molecule has 4 rings (SSSR count). The highest BCUT2D eigenvalue weighted by Gasteiger charge is 2.64. The van der Waals surface area contributed by atoms with Crippen LogP contribution in [0.15, 0.2) is 0 Å². The van der Waals surface area contributed by atoms with Crippen LogP contribution in [0.25, 0.3) is 0 Å². The summed E-state index contributed by atoms with van der Waals surface area (Å²) in [5, 5.41) is 22.8. The fourth-order valence-corrected chi connectivity index (χ4v) is 8.17. The minimum atomic E-state index is -0.526. The summed E-state index contributed by atoms with van der Waals surface area (Å²) >= 11 is 0. The molecule has 3 heteroatoms. The number of hydrogen-bond donors (Lipinski definition) is 3. The standard InChI is InChI=1S/C22H39NO2/c1-20-10-4-3-5-16(20)6-7-17-18(20)8-11-21(2)19(17)9-12-22(21,25)15-23-13-14-24/h16-19,23-25H,3-15H2,1-2H3/p+1/t16-,17+,18-,19-,20+,21+,22-/m1/s1. The van der Waals surface area contributed by atoms with E-state index in [2.05, 4.69) is 19.2 Å². The lowest BCUT2D eigenvalue weighted by Crippen LogP contribution is -2.90. The lowest BCUT2D eigenvalue weighted by Gasteiger charge is -2.61. The van der Waals surface area contributed by atoms with Crippen molar-refractivity contribution in [1.29, 1.82) is 0 Å². The van der Waals surface area contributed by atoms with E-state index in [0.717, 1.165) is 43.2 Å². The second kappa shape index (κ2) is 6.49. The van der Waals surface area contributed by atoms with Crippen molar-refractivity contribution in [2.45, 2.75) is 83.7 Å². The summed E-state index contributed by atoms with van der Waals surface area (Å²) < 4.78 is 0. The van der Waals surface area contributed by atoms with E-state index >= 15 is 0 Å². The first kappa shape index (κ1) is 18.3. The summed E-state index contributed by atoms with van der Waals surface area (Å²) in [4.78, 5) is 0. The summed E-state index contributed by atoms with van der Waals surface area (Å²) in [6, 6.07) is 0. The van der Waals surface area contributed by atoms with Crippen LogP contribution < -0.4 is 5.32 Å². The quantitative estimate of drug-likeness (QED) is 0.683. The molecule has 4 fully saturated rings. The largest absolute Gasteiger partial charge is 0.391 e. The molecule has 4 aliphatic rings. The Morgan fingerprint density at radius 1 is 0.920 bits per heavy atom. The third-order valence-electron chi connectivity index (χ3n) is 9.72. The van der Waals surface area contributed by atoms with E-state index in [-0.39, 0.29) is 12.0 Å². The van der Waals surface area contributed by atoms with Gasteiger partial charge in [-0.25, -0.2) is 0 Å². The molecule has 144 valence electrons. The van der Waals surface area contributed by atoms with Gasteiger partial charge in [0.2, 0.25) is 0 Å². The summed E-state index contributed by atoms with van der Waals surface area (Å²) in [5.41, 5.74) is 0.159. The van der Waals surface area contributed by atoms with Gasteiger partial charge in [-0.3, -0.25) is 0 Å². The van der Waals surface area contributed by atoms with Crippen LogP contribution in [0.5, 0.6) is 0 Å². The summed E-state index contributed by atoms with van der Waals surface area (Å²) in [6.07, 6.45) is 13.4. The predicted octanol–water partition coefficient (Wildman–Crippen LogP) is 2.71. The molecule has 0 spiro atoms. The SMILES string of the molecule is C[C@]12CCCC[C@@H]1CC[C@H]1[C@H]2CC[C@@]2(C)[C@@H]1CC[C@@]2(O)C[NH2+]CCO. The lowest BCUT2D eigenvalue weighted by atomic mass is 9.44. The number of aliphatic hydroxyl groups excluding tert-OH is 1. The molecule has 7 atom stereocenters. The van der Waals surface area contributed by atoms with E-state index < -0.39 is 5.60 Å². The fraction of sp³-hybridized carbons (Fsp3) is 1.00. The highest BCUT2D eigenvalue weighted by Crippen LogP contribution is 2.67. The number of rotatable bonds is 4. The molecule has 0 bridgehead atoms. The highest BCUT2D eigenvalue weighted by molar-refractivity contribution is 5.13. The van der Waals surface area contributed by atoms with Gasteiger partial charge >= 0.3 is 0 Å². The third kappa shape index (κ3) is 2.63. The molecular formula is C22H40NO2+. The van der Waals surface area contributed by atoms with Crippen molar-refractivity contribution in [2.75, 3.05) is 19.7 Å². The van der Waals surface area contributed by atoms with E-state index in [1.54, 1.807) is 0 Å². The van der Waals surface area contributed by atoms with Gasteiger partial charge < -0.3 is 15.5 Å². The Morgan fingerprint density at radius 3 is 2.52 bits per heavy atom. The fourth-order valence-electron chi connectivity index (χ4n) is 8.17. The number of fused-ring (bicyclic) bond motifs is 5. The van der Waals surface area contributed by atoms with Crippen LogP contribution >= 0.6 is 0 Å². The second-order valence-electron chi connectivity index (χ2n) is 10.4. The Hall–Kier alpha value is -0.120. The van der Waals surface area contributed by atoms with Gasteiger partial charge in [0, 0.05) is 5.41 Å². The Balaban J connectivity index is 1.55. The van der Waals surface area contributed by atoms with Gasteiger partial charge in [0.05, 0.1) is 13.2 Å². The van der Waals surface area contributed by atoms with E-state index in [1.807, 2.05) is 0 Å². The Labute approximate surface area is 154 Å². The van der Waals surface area contributed by atoms with Gasteiger partial charge in [0.25, 0.3) is 0 Å². The summed E-state index contributed by atoms with van der Waals surface area (Å²) in [7, 11) is 0. The molecule has 0 aromatic carbocycles. The molecule has 0 radical (unpaired) electrons. The molecule has 0 amide bonds. The third-order valence-corrected chi connectivity index (χ3v) is 9.72. The Bertz CT molecular complexity index is 496. The molecule has 0 aromatic rings. The van der Waals surface area contributed by atoms with Gasteiger partial charge in [-0.05, 0) is 80.5 Å². The van der Waals surface area contributed by atoms with E-state index in [9.17, 15) is 5.11 Å². The average Bonchev–Trinajstić information content (AvgIpc) is 2.86. The first-order chi connectivity index (χ1) is 11.9. The van der Waals surface area contributed by atoms with Crippen molar-refractivity contribution in [2.24, 2.45) is 34.5 Å². The number of aliphatic hydroxyl groups is 2. The molecule has 0 aliphatic heterocycles. The molecule has 0 saturated heterocycles. The molecule has 0 aromatic heterocycles. The van der Waals surface area contributed by atoms with Gasteiger partial charge in [-0.15, -0.1) is 0 Å². The van der Waals surface area contributed by atoms with Crippen LogP contribution in [0, 0.1) is 34.5 Å². The van der Waals surface area contributed by atoms with E-state index in [4.69, 9.17) is 5.11 Å². The van der Waals surface area contributed by atoms with Gasteiger partial charge in [0.15, 0.2) is 0 Å². The Kier molecular flexibility index (Phi) is 4.74. The molecule has 4 N–H and O–H groups in total. The maximum absolute atomic E-state index is 11.5. The van der Waals surface area contributed by atoms with Crippen LogP contribution in [-0.2, 0) is 0 Å². The second-order valence-corrected chi connectivity index (χ2v) is 10.4. The maximum atomic E-state index is 11.5. The lowest BCUT2D eigenvalue weighted by molar-refractivity contribution is -0.671. The van der Waals surface area contributed by atoms with Gasteiger partial charge in [-0.2, -0.15) is 0 Å². The first-order valence-corrected chi connectivity index (χ1v) is 11.1. The first-order valence-electron chi connectivity index (χ1n) is 11.1. The number of nitrogens with two attached hydrogens (primary N) is 1. The van der Waals surface area contributed by atoms with Crippen molar-refractivity contribution in [3.63, 3.8) is 0 Å². The average molecular weight is 351 g/mol. The molecule has 4 aliphatic carbocycles. The molecule has 3 nitrogen and oxygen atoms in total. The van der Waals surface area contributed by atoms with E-state index in [1.165, 1.54) is 57.8 Å². The maximum Gasteiger partial charge on any atom is 0.119 e. The van der Waals surface area contributed by atoms with Gasteiger partial charge in [-0.1, -0.05) is 26.7 Å². The predicted molar refractivity (Wildman–Crippen MR) is 100 cm³/mol. The topological polar surface area (TPSA) is 57.1 Å². The molecule has 0 heterocycles. The minimum Gasteiger partial charge on any atom is -0.391 e. The zero-order valence-corrected chi connectivity index (χ0v) is 16.5. The van der Waals surface area contributed by atoms with Crippen LogP contribution in [0.3, 0.4) is 0 Å². The van der Waals surface area contributed by atoms with Crippen LogP contribution in [0.4, 0.5) is 0 Å².